The van der Waals surface area contributed by atoms with E-state index in [0.29, 0.717) is 11.5 Å². The number of nitrogens with zero attached hydrogens (tertiary/aromatic N) is 1. The van der Waals surface area contributed by atoms with Crippen LogP contribution < -0.4 is 16.6 Å². The predicted octanol–water partition coefficient (Wildman–Crippen LogP) is 0.00580. The topological polar surface area (TPSA) is 66.9 Å². The van der Waals surface area contributed by atoms with E-state index in [-0.39, 0.29) is 11.2 Å². The van der Waals surface area contributed by atoms with Crippen molar-refractivity contribution >= 4 is 0 Å². The van der Waals surface area contributed by atoms with Gasteiger partial charge >= 0.3 is 5.69 Å². The first-order valence-corrected chi connectivity index (χ1v) is 6.17. The largest absolute Gasteiger partial charge is 0.328 e. The van der Waals surface area contributed by atoms with Crippen molar-refractivity contribution in [2.75, 3.05) is 13.1 Å². The molecule has 5 nitrogen and oxygen atoms in total. The van der Waals surface area contributed by atoms with E-state index in [0.717, 1.165) is 30.5 Å². The normalized spacial score (nSPS) is 17.2. The van der Waals surface area contributed by atoms with E-state index in [1.165, 1.54) is 19.9 Å². The molecule has 17 heavy (non-hydrogen) atoms. The quantitative estimate of drug-likeness (QED) is 0.778. The summed E-state index contributed by atoms with van der Waals surface area (Å²) < 4.78 is 1.14. The van der Waals surface area contributed by atoms with Crippen LogP contribution in [-0.2, 0) is 13.5 Å². The molecule has 0 saturated carbocycles. The summed E-state index contributed by atoms with van der Waals surface area (Å²) in [5.41, 5.74) is 0.203. The van der Waals surface area contributed by atoms with Gasteiger partial charge < -0.3 is 10.3 Å². The van der Waals surface area contributed by atoms with E-state index >= 15 is 0 Å². The number of rotatable bonds is 3. The summed E-state index contributed by atoms with van der Waals surface area (Å²) in [6, 6.07) is 0. The minimum absolute atomic E-state index is 0.164. The van der Waals surface area contributed by atoms with Gasteiger partial charge in [0.15, 0.2) is 0 Å². The SMILES string of the molecule is Cn1c(=O)[nH]cc(CCC2CCNCC2)c1=O. The van der Waals surface area contributed by atoms with Gasteiger partial charge in [-0.25, -0.2) is 4.79 Å². The zero-order valence-corrected chi connectivity index (χ0v) is 10.2. The van der Waals surface area contributed by atoms with Crippen molar-refractivity contribution in [2.45, 2.75) is 25.7 Å². The molecule has 1 aliphatic rings. The van der Waals surface area contributed by atoms with Crippen molar-refractivity contribution in [3.63, 3.8) is 0 Å². The molecule has 1 aromatic rings. The lowest BCUT2D eigenvalue weighted by Crippen LogP contribution is -2.34. The molecule has 5 heteroatoms. The Balaban J connectivity index is 2.01. The highest BCUT2D eigenvalue weighted by Crippen LogP contribution is 2.17. The second-order valence-corrected chi connectivity index (χ2v) is 4.72. The van der Waals surface area contributed by atoms with Gasteiger partial charge in [0.2, 0.25) is 0 Å². The van der Waals surface area contributed by atoms with Crippen LogP contribution in [0.1, 0.15) is 24.8 Å². The Labute approximate surface area is 99.9 Å². The third-order valence-electron chi connectivity index (χ3n) is 3.53. The second-order valence-electron chi connectivity index (χ2n) is 4.72. The van der Waals surface area contributed by atoms with E-state index in [1.54, 1.807) is 6.20 Å². The number of aromatic amines is 1. The van der Waals surface area contributed by atoms with Crippen LogP contribution in [-0.4, -0.2) is 22.6 Å². The minimum Gasteiger partial charge on any atom is -0.317 e. The van der Waals surface area contributed by atoms with Crippen LogP contribution in [0.25, 0.3) is 0 Å². The van der Waals surface area contributed by atoms with E-state index in [1.807, 2.05) is 0 Å². The molecule has 0 aromatic carbocycles. The van der Waals surface area contributed by atoms with Crippen molar-refractivity contribution in [3.8, 4) is 0 Å². The fraction of sp³-hybridized carbons (Fsp3) is 0.667. The number of piperidine rings is 1. The fourth-order valence-electron chi connectivity index (χ4n) is 2.32. The summed E-state index contributed by atoms with van der Waals surface area (Å²) in [6.07, 6.45) is 5.72. The molecule has 94 valence electrons. The summed E-state index contributed by atoms with van der Waals surface area (Å²) in [5, 5.41) is 3.33. The number of aromatic nitrogens is 2. The van der Waals surface area contributed by atoms with Crippen LogP contribution in [0.3, 0.4) is 0 Å². The average Bonchev–Trinajstić information content (AvgIpc) is 2.36. The maximum atomic E-state index is 11.8. The summed E-state index contributed by atoms with van der Waals surface area (Å²) >= 11 is 0. The zero-order chi connectivity index (χ0) is 12.3. The zero-order valence-electron chi connectivity index (χ0n) is 10.2. The molecule has 1 fully saturated rings. The maximum Gasteiger partial charge on any atom is 0.328 e. The Morgan fingerprint density at radius 2 is 2.06 bits per heavy atom. The lowest BCUT2D eigenvalue weighted by Gasteiger charge is -2.22. The van der Waals surface area contributed by atoms with Crippen molar-refractivity contribution in [1.82, 2.24) is 14.9 Å². The minimum atomic E-state index is -0.347. The molecule has 1 aromatic heterocycles. The molecule has 0 bridgehead atoms. The molecule has 0 atom stereocenters. The average molecular weight is 237 g/mol. The number of nitrogens with one attached hydrogen (secondary N) is 2. The van der Waals surface area contributed by atoms with Gasteiger partial charge in [-0.3, -0.25) is 9.36 Å². The number of H-pyrrole nitrogens is 1. The van der Waals surface area contributed by atoms with Gasteiger partial charge in [-0.15, -0.1) is 0 Å². The summed E-state index contributed by atoms with van der Waals surface area (Å²) in [5.74, 6) is 0.702. The molecule has 0 aliphatic carbocycles. The molecule has 2 rings (SSSR count). The molecule has 1 aliphatic heterocycles. The van der Waals surface area contributed by atoms with Gasteiger partial charge in [-0.1, -0.05) is 0 Å². The van der Waals surface area contributed by atoms with Crippen LogP contribution in [0.4, 0.5) is 0 Å². The molecule has 0 spiro atoms. The first-order chi connectivity index (χ1) is 8.18. The van der Waals surface area contributed by atoms with Crippen LogP contribution in [0.5, 0.6) is 0 Å². The van der Waals surface area contributed by atoms with Gasteiger partial charge in [0.1, 0.15) is 0 Å². The smallest absolute Gasteiger partial charge is 0.317 e. The summed E-state index contributed by atoms with van der Waals surface area (Å²) in [6.45, 7) is 2.16. The van der Waals surface area contributed by atoms with Crippen LogP contribution >= 0.6 is 0 Å². The first kappa shape index (κ1) is 12.1. The fourth-order valence-corrected chi connectivity index (χ4v) is 2.32. The molecule has 2 heterocycles. The number of hydrogen-bond acceptors (Lipinski definition) is 3. The van der Waals surface area contributed by atoms with Crippen molar-refractivity contribution in [3.05, 3.63) is 32.6 Å². The standard InChI is InChI=1S/C12H19N3O2/c1-15-11(16)10(8-14-12(15)17)3-2-9-4-6-13-7-5-9/h8-9,13H,2-7H2,1H3,(H,14,17). The Hall–Kier alpha value is -1.36. The highest BCUT2D eigenvalue weighted by molar-refractivity contribution is 5.04. The monoisotopic (exact) mass is 237 g/mol. The van der Waals surface area contributed by atoms with Gasteiger partial charge in [-0.2, -0.15) is 0 Å². The molecule has 2 N–H and O–H groups in total. The number of hydrogen-bond donors (Lipinski definition) is 2. The molecule has 0 amide bonds. The van der Waals surface area contributed by atoms with E-state index in [2.05, 4.69) is 10.3 Å². The predicted molar refractivity (Wildman–Crippen MR) is 66.2 cm³/mol. The summed E-state index contributed by atoms with van der Waals surface area (Å²) in [7, 11) is 1.51. The molecule has 0 radical (unpaired) electrons. The van der Waals surface area contributed by atoms with E-state index in [4.69, 9.17) is 0 Å². The first-order valence-electron chi connectivity index (χ1n) is 6.17. The van der Waals surface area contributed by atoms with Crippen LogP contribution in [0.2, 0.25) is 0 Å². The van der Waals surface area contributed by atoms with E-state index in [9.17, 15) is 9.59 Å². The van der Waals surface area contributed by atoms with Crippen LogP contribution in [0.15, 0.2) is 15.8 Å². The third-order valence-corrected chi connectivity index (χ3v) is 3.53. The lowest BCUT2D eigenvalue weighted by molar-refractivity contribution is 0.353. The molecular weight excluding hydrogens is 218 g/mol. The van der Waals surface area contributed by atoms with Crippen molar-refractivity contribution in [2.24, 2.45) is 13.0 Å². The third kappa shape index (κ3) is 2.85. The van der Waals surface area contributed by atoms with Gasteiger partial charge in [0.25, 0.3) is 5.56 Å². The van der Waals surface area contributed by atoms with Crippen molar-refractivity contribution < 1.29 is 0 Å². The summed E-state index contributed by atoms with van der Waals surface area (Å²) in [4.78, 5) is 25.6. The Bertz CT molecular complexity index is 483. The highest BCUT2D eigenvalue weighted by atomic mass is 16.2. The molecule has 0 unspecified atom stereocenters. The molecule has 1 saturated heterocycles. The van der Waals surface area contributed by atoms with Gasteiger partial charge in [0, 0.05) is 18.8 Å². The Morgan fingerprint density at radius 1 is 1.35 bits per heavy atom. The Morgan fingerprint density at radius 3 is 2.76 bits per heavy atom. The van der Waals surface area contributed by atoms with Crippen LogP contribution in [0, 0.1) is 5.92 Å². The highest BCUT2D eigenvalue weighted by Gasteiger charge is 2.14. The van der Waals surface area contributed by atoms with Crippen molar-refractivity contribution in [1.29, 1.82) is 0 Å². The lowest BCUT2D eigenvalue weighted by atomic mass is 9.92. The molecular formula is C12H19N3O2. The van der Waals surface area contributed by atoms with Gasteiger partial charge in [0.05, 0.1) is 0 Å². The Kier molecular flexibility index (Phi) is 3.78. The number of aryl methyl sites for hydroxylation is 1. The second kappa shape index (κ2) is 5.31. The van der Waals surface area contributed by atoms with E-state index < -0.39 is 0 Å². The van der Waals surface area contributed by atoms with Gasteiger partial charge in [-0.05, 0) is 44.7 Å². The maximum absolute atomic E-state index is 11.8.